The first-order valence-corrected chi connectivity index (χ1v) is 9.58. The molecule has 5 rings (SSSR count). The van der Waals surface area contributed by atoms with Crippen LogP contribution in [-0.2, 0) is 6.54 Å². The van der Waals surface area contributed by atoms with E-state index in [9.17, 15) is 13.6 Å². The van der Waals surface area contributed by atoms with Gasteiger partial charge in [-0.1, -0.05) is 6.07 Å². The smallest absolute Gasteiger partial charge is 0.272 e. The molecule has 5 nitrogen and oxygen atoms in total. The van der Waals surface area contributed by atoms with Crippen LogP contribution in [0, 0.1) is 11.6 Å². The van der Waals surface area contributed by atoms with Crippen molar-refractivity contribution >= 4 is 16.8 Å². The molecule has 0 spiro atoms. The number of H-pyrrole nitrogens is 1. The predicted molar refractivity (Wildman–Crippen MR) is 102 cm³/mol. The fourth-order valence-corrected chi connectivity index (χ4v) is 3.58. The van der Waals surface area contributed by atoms with Gasteiger partial charge < -0.3 is 5.32 Å². The molecular weight excluding hydrogens is 362 g/mol. The van der Waals surface area contributed by atoms with Crippen molar-refractivity contribution in [1.29, 1.82) is 0 Å². The highest BCUT2D eigenvalue weighted by Gasteiger charge is 2.26. The Morgan fingerprint density at radius 1 is 1.21 bits per heavy atom. The molecule has 2 fully saturated rings. The summed E-state index contributed by atoms with van der Waals surface area (Å²) < 4.78 is 28.8. The number of carbonyl (C=O) groups excluding carboxylic acids is 1. The molecule has 7 heteroatoms. The molecule has 0 unspecified atom stereocenters. The summed E-state index contributed by atoms with van der Waals surface area (Å²) >= 11 is 0. The molecule has 2 aliphatic rings. The van der Waals surface area contributed by atoms with Gasteiger partial charge in [-0.25, -0.2) is 8.78 Å². The minimum absolute atomic E-state index is 0.201. The van der Waals surface area contributed by atoms with E-state index in [2.05, 4.69) is 20.4 Å². The molecular formula is C21H20F2N4O. The Kier molecular flexibility index (Phi) is 4.12. The number of likely N-dealkylation sites (tertiary alicyclic amines) is 1. The number of benzene rings is 2. The zero-order chi connectivity index (χ0) is 19.3. The second kappa shape index (κ2) is 6.67. The van der Waals surface area contributed by atoms with Gasteiger partial charge in [0.05, 0.1) is 5.52 Å². The number of rotatable bonds is 5. The van der Waals surface area contributed by atoms with E-state index in [-0.39, 0.29) is 23.2 Å². The van der Waals surface area contributed by atoms with E-state index in [1.54, 1.807) is 24.3 Å². The van der Waals surface area contributed by atoms with Crippen molar-refractivity contribution in [2.45, 2.75) is 31.8 Å². The molecule has 0 atom stereocenters. The number of aromatic amines is 1. The van der Waals surface area contributed by atoms with Crippen LogP contribution in [0.3, 0.4) is 0 Å². The molecule has 2 N–H and O–H groups in total. The summed E-state index contributed by atoms with van der Waals surface area (Å²) in [5.41, 5.74) is 2.43. The van der Waals surface area contributed by atoms with Crippen molar-refractivity contribution in [1.82, 2.24) is 20.4 Å². The topological polar surface area (TPSA) is 61.0 Å². The molecule has 28 heavy (non-hydrogen) atoms. The Bertz CT molecular complexity index is 1070. The number of hydrogen-bond acceptors (Lipinski definition) is 3. The number of amides is 1. The minimum Gasteiger partial charge on any atom is -0.348 e. The Labute approximate surface area is 160 Å². The average Bonchev–Trinajstić information content (AvgIpc) is 3.36. The number of nitrogens with zero attached hydrogens (tertiary/aromatic N) is 2. The van der Waals surface area contributed by atoms with Crippen LogP contribution < -0.4 is 5.32 Å². The van der Waals surface area contributed by atoms with Crippen LogP contribution in [-0.4, -0.2) is 40.1 Å². The fraction of sp³-hybridized carbons (Fsp3) is 0.333. The van der Waals surface area contributed by atoms with Crippen molar-refractivity contribution in [3.63, 3.8) is 0 Å². The lowest BCUT2D eigenvalue weighted by Crippen LogP contribution is -2.36. The normalized spacial score (nSPS) is 16.9. The van der Waals surface area contributed by atoms with Gasteiger partial charge in [0.1, 0.15) is 0 Å². The van der Waals surface area contributed by atoms with E-state index >= 15 is 0 Å². The second-order valence-electron chi connectivity index (χ2n) is 7.65. The van der Waals surface area contributed by atoms with Crippen LogP contribution >= 0.6 is 0 Å². The molecule has 144 valence electrons. The van der Waals surface area contributed by atoms with E-state index in [0.29, 0.717) is 23.0 Å². The molecule has 1 aromatic heterocycles. The van der Waals surface area contributed by atoms with E-state index in [1.807, 2.05) is 0 Å². The maximum Gasteiger partial charge on any atom is 0.272 e. The molecule has 0 radical (unpaired) electrons. The molecule has 3 aromatic rings. The van der Waals surface area contributed by atoms with Crippen molar-refractivity contribution in [2.24, 2.45) is 0 Å². The summed E-state index contributed by atoms with van der Waals surface area (Å²) in [6, 6.07) is 8.34. The summed E-state index contributed by atoms with van der Waals surface area (Å²) in [7, 11) is 0. The third-order valence-electron chi connectivity index (χ3n) is 5.44. The quantitative estimate of drug-likeness (QED) is 0.709. The monoisotopic (exact) mass is 382 g/mol. The first-order chi connectivity index (χ1) is 13.6. The van der Waals surface area contributed by atoms with Gasteiger partial charge in [0.25, 0.3) is 5.91 Å². The van der Waals surface area contributed by atoms with Crippen molar-refractivity contribution < 1.29 is 13.6 Å². The van der Waals surface area contributed by atoms with Crippen molar-refractivity contribution in [3.05, 3.63) is 53.2 Å². The van der Waals surface area contributed by atoms with E-state index in [0.717, 1.165) is 37.9 Å². The van der Waals surface area contributed by atoms with E-state index in [1.165, 1.54) is 6.07 Å². The van der Waals surface area contributed by atoms with Gasteiger partial charge in [-0.2, -0.15) is 5.10 Å². The summed E-state index contributed by atoms with van der Waals surface area (Å²) in [5.74, 6) is -1.98. The van der Waals surface area contributed by atoms with Crippen LogP contribution in [0.15, 0.2) is 30.3 Å². The number of hydrogen-bond donors (Lipinski definition) is 2. The van der Waals surface area contributed by atoms with Gasteiger partial charge >= 0.3 is 0 Å². The van der Waals surface area contributed by atoms with E-state index in [4.69, 9.17) is 0 Å². The Hall–Kier alpha value is -2.80. The molecule has 1 saturated heterocycles. The average molecular weight is 382 g/mol. The second-order valence-corrected chi connectivity index (χ2v) is 7.65. The van der Waals surface area contributed by atoms with Gasteiger partial charge in [-0.05, 0) is 67.7 Å². The van der Waals surface area contributed by atoms with Crippen molar-refractivity contribution in [3.8, 4) is 11.1 Å². The number of aromatic nitrogens is 2. The number of carbonyl (C=O) groups is 1. The highest BCUT2D eigenvalue weighted by atomic mass is 19.2. The number of nitrogens with one attached hydrogen (secondary N) is 2. The Morgan fingerprint density at radius 3 is 2.75 bits per heavy atom. The lowest BCUT2D eigenvalue weighted by molar-refractivity contribution is 0.0947. The summed E-state index contributed by atoms with van der Waals surface area (Å²) in [6.07, 6.45) is 3.10. The molecule has 1 amide bonds. The standard InChI is InChI=1S/C21H20F2N4O/c22-17-9-12(11-27-6-1-7-27)8-15(19(17)23)13-2-5-18-16(10-13)20(26-25-18)21(28)24-14-3-4-14/h2,5,8-10,14H,1,3-4,6-7,11H2,(H,24,28)(H,25,26). The van der Waals surface area contributed by atoms with Gasteiger partial charge in [0.15, 0.2) is 17.3 Å². The first kappa shape index (κ1) is 17.3. The highest BCUT2D eigenvalue weighted by molar-refractivity contribution is 6.05. The molecule has 1 saturated carbocycles. The lowest BCUT2D eigenvalue weighted by Gasteiger charge is -2.30. The predicted octanol–water partition coefficient (Wildman–Crippen LogP) is 3.61. The largest absolute Gasteiger partial charge is 0.348 e. The third-order valence-corrected chi connectivity index (χ3v) is 5.44. The van der Waals surface area contributed by atoms with Gasteiger partial charge in [-0.3, -0.25) is 14.8 Å². The van der Waals surface area contributed by atoms with Gasteiger partial charge in [0, 0.05) is 23.5 Å². The third kappa shape index (κ3) is 3.16. The number of halogens is 2. The van der Waals surface area contributed by atoms with Crippen LogP contribution in [0.4, 0.5) is 8.78 Å². The Morgan fingerprint density at radius 2 is 2.04 bits per heavy atom. The van der Waals surface area contributed by atoms with Crippen molar-refractivity contribution in [2.75, 3.05) is 13.1 Å². The molecule has 1 aliphatic carbocycles. The van der Waals surface area contributed by atoms with Crippen LogP contribution in [0.2, 0.25) is 0 Å². The molecule has 1 aliphatic heterocycles. The van der Waals surface area contributed by atoms with Crippen LogP contribution in [0.5, 0.6) is 0 Å². The number of fused-ring (bicyclic) bond motifs is 1. The van der Waals surface area contributed by atoms with Crippen LogP contribution in [0.1, 0.15) is 35.3 Å². The molecule has 2 heterocycles. The van der Waals surface area contributed by atoms with Gasteiger partial charge in [-0.15, -0.1) is 0 Å². The maximum absolute atomic E-state index is 14.6. The molecule has 0 bridgehead atoms. The first-order valence-electron chi connectivity index (χ1n) is 9.58. The zero-order valence-corrected chi connectivity index (χ0v) is 15.3. The highest BCUT2D eigenvalue weighted by Crippen LogP contribution is 2.30. The van der Waals surface area contributed by atoms with Crippen LogP contribution in [0.25, 0.3) is 22.0 Å². The lowest BCUT2D eigenvalue weighted by atomic mass is 9.99. The summed E-state index contributed by atoms with van der Waals surface area (Å²) in [4.78, 5) is 14.6. The maximum atomic E-state index is 14.6. The Balaban J connectivity index is 1.53. The SMILES string of the molecule is O=C(NC1CC1)c1n[nH]c2ccc(-c3cc(CN4CCC4)cc(F)c3F)cc12. The fourth-order valence-electron chi connectivity index (χ4n) is 3.58. The van der Waals surface area contributed by atoms with E-state index < -0.39 is 11.6 Å². The molecule has 2 aromatic carbocycles. The summed E-state index contributed by atoms with van der Waals surface area (Å²) in [6.45, 7) is 2.57. The minimum atomic E-state index is -0.876. The van der Waals surface area contributed by atoms with Gasteiger partial charge in [0.2, 0.25) is 0 Å². The summed E-state index contributed by atoms with van der Waals surface area (Å²) in [5, 5.41) is 10.5. The zero-order valence-electron chi connectivity index (χ0n) is 15.3.